The molecule has 0 bridgehead atoms. The van der Waals surface area contributed by atoms with Crippen molar-refractivity contribution in [3.05, 3.63) is 0 Å². The average molecular weight is 268 g/mol. The van der Waals surface area contributed by atoms with Crippen LogP contribution in [0.3, 0.4) is 0 Å². The number of hydrogen-bond acceptors (Lipinski definition) is 2. The van der Waals surface area contributed by atoms with Crippen LogP contribution in [0.1, 0.15) is 72.1 Å². The van der Waals surface area contributed by atoms with E-state index in [9.17, 15) is 4.79 Å². The molecule has 1 aliphatic rings. The standard InChI is InChI=1S/C16H32N2O/c1-4-14(5-2)13(3)17-12-16(19)18-15-10-8-6-7-9-11-15/h13-15,17H,4-12H2,1-3H3,(H,18,19). The number of carbonyl (C=O) groups is 1. The van der Waals surface area contributed by atoms with E-state index < -0.39 is 0 Å². The van der Waals surface area contributed by atoms with Crippen LogP contribution >= 0.6 is 0 Å². The first-order valence-electron chi connectivity index (χ1n) is 8.20. The normalized spacial score (nSPS) is 19.2. The van der Waals surface area contributed by atoms with Gasteiger partial charge in [0.25, 0.3) is 0 Å². The van der Waals surface area contributed by atoms with Gasteiger partial charge in [0.15, 0.2) is 0 Å². The summed E-state index contributed by atoms with van der Waals surface area (Å²) < 4.78 is 0. The van der Waals surface area contributed by atoms with Gasteiger partial charge in [0.05, 0.1) is 6.54 Å². The SMILES string of the molecule is CCC(CC)C(C)NCC(=O)NC1CCCCCC1. The van der Waals surface area contributed by atoms with E-state index in [0.717, 1.165) is 12.8 Å². The fourth-order valence-electron chi connectivity index (χ4n) is 3.12. The lowest BCUT2D eigenvalue weighted by atomic mass is 9.95. The summed E-state index contributed by atoms with van der Waals surface area (Å²) >= 11 is 0. The Labute approximate surface area is 118 Å². The summed E-state index contributed by atoms with van der Waals surface area (Å²) in [4.78, 5) is 12.0. The lowest BCUT2D eigenvalue weighted by molar-refractivity contribution is -0.121. The van der Waals surface area contributed by atoms with Crippen molar-refractivity contribution in [1.82, 2.24) is 10.6 Å². The maximum Gasteiger partial charge on any atom is 0.234 e. The van der Waals surface area contributed by atoms with E-state index in [-0.39, 0.29) is 5.91 Å². The molecule has 0 spiro atoms. The second-order valence-corrected chi connectivity index (χ2v) is 6.00. The zero-order valence-electron chi connectivity index (χ0n) is 13.0. The van der Waals surface area contributed by atoms with Crippen molar-refractivity contribution in [1.29, 1.82) is 0 Å². The van der Waals surface area contributed by atoms with E-state index >= 15 is 0 Å². The minimum absolute atomic E-state index is 0.171. The van der Waals surface area contributed by atoms with Crippen molar-refractivity contribution in [2.45, 2.75) is 84.2 Å². The van der Waals surface area contributed by atoms with Crippen LogP contribution in [-0.4, -0.2) is 24.5 Å². The Bertz CT molecular complexity index is 243. The van der Waals surface area contributed by atoms with E-state index in [4.69, 9.17) is 0 Å². The van der Waals surface area contributed by atoms with Gasteiger partial charge in [0.1, 0.15) is 0 Å². The summed E-state index contributed by atoms with van der Waals surface area (Å²) in [7, 11) is 0. The minimum Gasteiger partial charge on any atom is -0.352 e. The zero-order valence-corrected chi connectivity index (χ0v) is 13.0. The lowest BCUT2D eigenvalue weighted by Gasteiger charge is -2.23. The summed E-state index contributed by atoms with van der Waals surface area (Å²) in [5, 5.41) is 6.57. The molecule has 0 aliphatic heterocycles. The van der Waals surface area contributed by atoms with E-state index in [1.807, 2.05) is 0 Å². The smallest absolute Gasteiger partial charge is 0.234 e. The predicted octanol–water partition coefficient (Wildman–Crippen LogP) is 3.24. The van der Waals surface area contributed by atoms with E-state index in [2.05, 4.69) is 31.4 Å². The Morgan fingerprint density at radius 3 is 2.21 bits per heavy atom. The number of carbonyl (C=O) groups excluding carboxylic acids is 1. The highest BCUT2D eigenvalue weighted by molar-refractivity contribution is 5.78. The number of rotatable bonds is 7. The summed E-state index contributed by atoms with van der Waals surface area (Å²) in [6.07, 6.45) is 9.86. The molecule has 0 heterocycles. The molecule has 1 amide bonds. The third-order valence-electron chi connectivity index (χ3n) is 4.56. The molecule has 0 aromatic heterocycles. The molecule has 1 fully saturated rings. The Hall–Kier alpha value is -0.570. The zero-order chi connectivity index (χ0) is 14.1. The van der Waals surface area contributed by atoms with Gasteiger partial charge < -0.3 is 10.6 Å². The Balaban J connectivity index is 2.22. The molecular weight excluding hydrogens is 236 g/mol. The highest BCUT2D eigenvalue weighted by atomic mass is 16.1. The number of amides is 1. The van der Waals surface area contributed by atoms with Crippen LogP contribution in [-0.2, 0) is 4.79 Å². The summed E-state index contributed by atoms with van der Waals surface area (Å²) in [5.41, 5.74) is 0. The van der Waals surface area contributed by atoms with Crippen molar-refractivity contribution in [3.63, 3.8) is 0 Å². The molecule has 2 N–H and O–H groups in total. The Kier molecular flexibility index (Phi) is 8.11. The van der Waals surface area contributed by atoms with Crippen molar-refractivity contribution in [2.24, 2.45) is 5.92 Å². The Morgan fingerprint density at radius 2 is 1.68 bits per heavy atom. The first kappa shape index (κ1) is 16.5. The molecule has 1 rings (SSSR count). The molecule has 19 heavy (non-hydrogen) atoms. The summed E-state index contributed by atoms with van der Waals surface area (Å²) in [5.74, 6) is 0.843. The van der Waals surface area contributed by atoms with Gasteiger partial charge in [-0.1, -0.05) is 52.4 Å². The average Bonchev–Trinajstić information content (AvgIpc) is 2.66. The molecule has 0 aromatic carbocycles. The van der Waals surface area contributed by atoms with Crippen LogP contribution in [0.5, 0.6) is 0 Å². The summed E-state index contributed by atoms with van der Waals surface area (Å²) in [6, 6.07) is 0.843. The van der Waals surface area contributed by atoms with Crippen LogP contribution in [0.2, 0.25) is 0 Å². The number of nitrogens with one attached hydrogen (secondary N) is 2. The quantitative estimate of drug-likeness (QED) is 0.696. The van der Waals surface area contributed by atoms with E-state index in [0.29, 0.717) is 24.5 Å². The van der Waals surface area contributed by atoms with Gasteiger partial charge in [-0.2, -0.15) is 0 Å². The largest absolute Gasteiger partial charge is 0.352 e. The lowest BCUT2D eigenvalue weighted by Crippen LogP contribution is -2.44. The molecule has 3 nitrogen and oxygen atoms in total. The fourth-order valence-corrected chi connectivity index (χ4v) is 3.12. The van der Waals surface area contributed by atoms with Crippen LogP contribution < -0.4 is 10.6 Å². The molecular formula is C16H32N2O. The second kappa shape index (κ2) is 9.35. The summed E-state index contributed by atoms with van der Waals surface area (Å²) in [6.45, 7) is 7.10. The van der Waals surface area contributed by atoms with Gasteiger partial charge in [-0.15, -0.1) is 0 Å². The van der Waals surface area contributed by atoms with Crippen LogP contribution in [0, 0.1) is 5.92 Å². The van der Waals surface area contributed by atoms with E-state index in [1.165, 1.54) is 38.5 Å². The van der Waals surface area contributed by atoms with Crippen molar-refractivity contribution in [2.75, 3.05) is 6.54 Å². The first-order valence-corrected chi connectivity index (χ1v) is 8.20. The molecule has 0 aromatic rings. The Morgan fingerprint density at radius 1 is 1.11 bits per heavy atom. The van der Waals surface area contributed by atoms with Crippen LogP contribution in [0.25, 0.3) is 0 Å². The van der Waals surface area contributed by atoms with Gasteiger partial charge >= 0.3 is 0 Å². The molecule has 1 saturated carbocycles. The number of hydrogen-bond donors (Lipinski definition) is 2. The van der Waals surface area contributed by atoms with Gasteiger partial charge in [-0.05, 0) is 25.7 Å². The fraction of sp³-hybridized carbons (Fsp3) is 0.938. The van der Waals surface area contributed by atoms with E-state index in [1.54, 1.807) is 0 Å². The van der Waals surface area contributed by atoms with Crippen molar-refractivity contribution in [3.8, 4) is 0 Å². The topological polar surface area (TPSA) is 41.1 Å². The van der Waals surface area contributed by atoms with Crippen molar-refractivity contribution < 1.29 is 4.79 Å². The third kappa shape index (κ3) is 6.42. The third-order valence-corrected chi connectivity index (χ3v) is 4.56. The minimum atomic E-state index is 0.171. The molecule has 112 valence electrons. The second-order valence-electron chi connectivity index (χ2n) is 6.00. The maximum absolute atomic E-state index is 12.0. The first-order chi connectivity index (χ1) is 9.17. The molecule has 1 atom stereocenters. The maximum atomic E-state index is 12.0. The van der Waals surface area contributed by atoms with Gasteiger partial charge in [0, 0.05) is 12.1 Å². The molecule has 3 heteroatoms. The molecule has 1 unspecified atom stereocenters. The van der Waals surface area contributed by atoms with Crippen LogP contribution in [0.4, 0.5) is 0 Å². The predicted molar refractivity (Wildman–Crippen MR) is 81.2 cm³/mol. The highest BCUT2D eigenvalue weighted by Crippen LogP contribution is 2.17. The highest BCUT2D eigenvalue weighted by Gasteiger charge is 2.17. The van der Waals surface area contributed by atoms with Crippen LogP contribution in [0.15, 0.2) is 0 Å². The monoisotopic (exact) mass is 268 g/mol. The van der Waals surface area contributed by atoms with Gasteiger partial charge in [-0.25, -0.2) is 0 Å². The van der Waals surface area contributed by atoms with Gasteiger partial charge in [0.2, 0.25) is 5.91 Å². The van der Waals surface area contributed by atoms with Crippen molar-refractivity contribution >= 4 is 5.91 Å². The molecule has 1 aliphatic carbocycles. The molecule has 0 radical (unpaired) electrons. The molecule has 0 saturated heterocycles. The van der Waals surface area contributed by atoms with Gasteiger partial charge in [-0.3, -0.25) is 4.79 Å².